The summed E-state index contributed by atoms with van der Waals surface area (Å²) in [6, 6.07) is -1.33. The molecule has 13 heavy (non-hydrogen) atoms. The van der Waals surface area contributed by atoms with Crippen molar-refractivity contribution in [1.29, 1.82) is 0 Å². The Labute approximate surface area is 77.2 Å². The quantitative estimate of drug-likeness (QED) is 0.484. The molecule has 0 bridgehead atoms. The Morgan fingerprint density at radius 1 is 1.31 bits per heavy atom. The van der Waals surface area contributed by atoms with Crippen molar-refractivity contribution in [2.24, 2.45) is 11.7 Å². The van der Waals surface area contributed by atoms with Gasteiger partial charge in [0.1, 0.15) is 0 Å². The van der Waals surface area contributed by atoms with Crippen LogP contribution in [0.1, 0.15) is 13.8 Å². The normalized spacial score (nSPS) is 12.4. The van der Waals surface area contributed by atoms with Crippen molar-refractivity contribution in [1.82, 2.24) is 0 Å². The molecule has 0 aliphatic rings. The number of carbonyl (C=O) groups excluding carboxylic acids is 2. The zero-order valence-corrected chi connectivity index (χ0v) is 8.07. The Morgan fingerprint density at radius 3 is 2.23 bits per heavy atom. The van der Waals surface area contributed by atoms with Crippen molar-refractivity contribution in [3.8, 4) is 0 Å². The van der Waals surface area contributed by atoms with E-state index in [9.17, 15) is 9.59 Å². The molecule has 0 aromatic carbocycles. The van der Waals surface area contributed by atoms with Crippen molar-refractivity contribution >= 4 is 11.9 Å². The molecule has 0 radical (unpaired) electrons. The Bertz CT molecular complexity index is 191. The molecule has 0 fully saturated rings. The third kappa shape index (κ3) is 4.47. The van der Waals surface area contributed by atoms with E-state index >= 15 is 0 Å². The predicted molar refractivity (Wildman–Crippen MR) is 45.8 cm³/mol. The van der Waals surface area contributed by atoms with Gasteiger partial charge < -0.3 is 15.2 Å². The second-order valence-electron chi connectivity index (χ2n) is 3.02. The van der Waals surface area contributed by atoms with E-state index in [0.29, 0.717) is 0 Å². The molecule has 0 heterocycles. The van der Waals surface area contributed by atoms with E-state index in [2.05, 4.69) is 4.74 Å². The molecule has 0 aromatic rings. The van der Waals surface area contributed by atoms with Crippen LogP contribution in [0.3, 0.4) is 0 Å². The highest BCUT2D eigenvalue weighted by atomic mass is 16.5. The summed E-state index contributed by atoms with van der Waals surface area (Å²) in [5.74, 6) is -1.32. The van der Waals surface area contributed by atoms with Crippen LogP contribution in [0.15, 0.2) is 0 Å². The molecule has 1 unspecified atom stereocenters. The van der Waals surface area contributed by atoms with Crippen LogP contribution in [0.2, 0.25) is 0 Å². The number of methoxy groups -OCH3 is 1. The van der Waals surface area contributed by atoms with Gasteiger partial charge in [-0.2, -0.15) is 0 Å². The Hall–Kier alpha value is -1.10. The molecule has 0 aromatic heterocycles. The fourth-order valence-corrected chi connectivity index (χ4v) is 0.562. The number of hydrogen-bond acceptors (Lipinski definition) is 5. The Balaban J connectivity index is 3.90. The van der Waals surface area contributed by atoms with Crippen LogP contribution < -0.4 is 5.73 Å². The molecule has 5 heteroatoms. The predicted octanol–water partition coefficient (Wildman–Crippen LogP) is -0.314. The zero-order valence-electron chi connectivity index (χ0n) is 8.07. The molecule has 0 aliphatic heterocycles. The minimum Gasteiger partial charge on any atom is -0.467 e. The summed E-state index contributed by atoms with van der Waals surface area (Å²) in [5, 5.41) is 0. The lowest BCUT2D eigenvalue weighted by atomic mass is 10.2. The van der Waals surface area contributed by atoms with E-state index in [1.807, 2.05) is 13.8 Å². The summed E-state index contributed by atoms with van der Waals surface area (Å²) in [5.41, 5.74) is 5.21. The maximum atomic E-state index is 11.0. The third-order valence-electron chi connectivity index (χ3n) is 1.27. The molecule has 2 N–H and O–H groups in total. The first kappa shape index (κ1) is 11.9. The van der Waals surface area contributed by atoms with E-state index in [4.69, 9.17) is 10.5 Å². The molecular weight excluding hydrogens is 174 g/mol. The van der Waals surface area contributed by atoms with E-state index in [1.54, 1.807) is 0 Å². The topological polar surface area (TPSA) is 78.6 Å². The Morgan fingerprint density at radius 2 is 1.85 bits per heavy atom. The van der Waals surface area contributed by atoms with Gasteiger partial charge in [0.2, 0.25) is 6.04 Å². The lowest BCUT2D eigenvalue weighted by Crippen LogP contribution is -2.41. The van der Waals surface area contributed by atoms with Gasteiger partial charge in [-0.05, 0) is 5.92 Å². The molecule has 0 aliphatic carbocycles. The number of ether oxygens (including phenoxy) is 2. The second-order valence-corrected chi connectivity index (χ2v) is 3.02. The van der Waals surface area contributed by atoms with Crippen LogP contribution in [0, 0.1) is 5.92 Å². The number of hydrogen-bond donors (Lipinski definition) is 1. The van der Waals surface area contributed by atoms with Gasteiger partial charge in [-0.3, -0.25) is 0 Å². The number of nitrogens with two attached hydrogens (primary N) is 1. The van der Waals surface area contributed by atoms with Crippen LogP contribution >= 0.6 is 0 Å². The van der Waals surface area contributed by atoms with Gasteiger partial charge in [0.05, 0.1) is 13.7 Å². The smallest absolute Gasteiger partial charge is 0.334 e. The number of rotatable bonds is 4. The molecule has 0 saturated carbocycles. The van der Waals surface area contributed by atoms with E-state index < -0.39 is 18.0 Å². The lowest BCUT2D eigenvalue weighted by Gasteiger charge is -2.10. The van der Waals surface area contributed by atoms with Gasteiger partial charge in [-0.15, -0.1) is 0 Å². The summed E-state index contributed by atoms with van der Waals surface area (Å²) in [6.45, 7) is 4.03. The van der Waals surface area contributed by atoms with Crippen molar-refractivity contribution in [3.63, 3.8) is 0 Å². The second kappa shape index (κ2) is 5.53. The standard InChI is InChI=1S/C8H15NO4/c1-5(2)4-13-8(11)6(9)7(10)12-3/h5-6H,4,9H2,1-3H3. The average molecular weight is 189 g/mol. The minimum absolute atomic E-state index is 0.216. The first-order valence-electron chi connectivity index (χ1n) is 3.99. The highest BCUT2D eigenvalue weighted by Crippen LogP contribution is 1.95. The van der Waals surface area contributed by atoms with E-state index in [-0.39, 0.29) is 12.5 Å². The van der Waals surface area contributed by atoms with Gasteiger partial charge in [-0.1, -0.05) is 13.8 Å². The SMILES string of the molecule is COC(=O)C(N)C(=O)OCC(C)C. The fraction of sp³-hybridized carbons (Fsp3) is 0.750. The fourth-order valence-electron chi connectivity index (χ4n) is 0.562. The maximum Gasteiger partial charge on any atom is 0.334 e. The summed E-state index contributed by atoms with van der Waals surface area (Å²) in [4.78, 5) is 21.7. The summed E-state index contributed by atoms with van der Waals surface area (Å²) in [6.07, 6.45) is 0. The van der Waals surface area contributed by atoms with Crippen LogP contribution in [-0.2, 0) is 19.1 Å². The van der Waals surface area contributed by atoms with Gasteiger partial charge in [0.25, 0.3) is 0 Å². The lowest BCUT2D eigenvalue weighted by molar-refractivity contribution is -0.156. The molecule has 0 rings (SSSR count). The first-order valence-corrected chi connectivity index (χ1v) is 3.99. The first-order chi connectivity index (χ1) is 5.99. The van der Waals surface area contributed by atoms with E-state index in [0.717, 1.165) is 7.11 Å². The molecule has 76 valence electrons. The maximum absolute atomic E-state index is 11.0. The molecule has 5 nitrogen and oxygen atoms in total. The zero-order chi connectivity index (χ0) is 10.4. The van der Waals surface area contributed by atoms with Crippen LogP contribution in [0.25, 0.3) is 0 Å². The Kier molecular flexibility index (Phi) is 5.06. The van der Waals surface area contributed by atoms with E-state index in [1.165, 1.54) is 0 Å². The monoisotopic (exact) mass is 189 g/mol. The number of carbonyl (C=O) groups is 2. The van der Waals surface area contributed by atoms with Crippen molar-refractivity contribution in [3.05, 3.63) is 0 Å². The molecular formula is C8H15NO4. The van der Waals surface area contributed by atoms with Gasteiger partial charge in [-0.25, -0.2) is 9.59 Å². The van der Waals surface area contributed by atoms with Crippen molar-refractivity contribution in [2.45, 2.75) is 19.9 Å². The molecule has 0 amide bonds. The summed E-state index contributed by atoms with van der Waals surface area (Å²) < 4.78 is 9.00. The minimum atomic E-state index is -1.33. The van der Waals surface area contributed by atoms with Crippen molar-refractivity contribution < 1.29 is 19.1 Å². The van der Waals surface area contributed by atoms with Gasteiger partial charge in [0.15, 0.2) is 0 Å². The summed E-state index contributed by atoms with van der Waals surface area (Å²) >= 11 is 0. The molecule has 1 atom stereocenters. The molecule has 0 saturated heterocycles. The van der Waals surface area contributed by atoms with Crippen molar-refractivity contribution in [2.75, 3.05) is 13.7 Å². The largest absolute Gasteiger partial charge is 0.467 e. The summed E-state index contributed by atoms with van der Waals surface area (Å²) in [7, 11) is 1.16. The number of esters is 2. The molecule has 0 spiro atoms. The van der Waals surface area contributed by atoms with Crippen LogP contribution in [0.5, 0.6) is 0 Å². The highest BCUT2D eigenvalue weighted by Gasteiger charge is 2.24. The van der Waals surface area contributed by atoms with Crippen LogP contribution in [-0.4, -0.2) is 31.7 Å². The van der Waals surface area contributed by atoms with Gasteiger partial charge in [0, 0.05) is 0 Å². The third-order valence-corrected chi connectivity index (χ3v) is 1.27. The van der Waals surface area contributed by atoms with Gasteiger partial charge >= 0.3 is 11.9 Å². The average Bonchev–Trinajstić information content (AvgIpc) is 2.11. The van der Waals surface area contributed by atoms with Crippen LogP contribution in [0.4, 0.5) is 0 Å². The highest BCUT2D eigenvalue weighted by molar-refractivity contribution is 5.98.